The summed E-state index contributed by atoms with van der Waals surface area (Å²) < 4.78 is 2.80. The fourth-order valence-electron chi connectivity index (χ4n) is 2.86. The van der Waals surface area contributed by atoms with Gasteiger partial charge in [0.1, 0.15) is 4.88 Å². The van der Waals surface area contributed by atoms with Crippen LogP contribution in [-0.4, -0.2) is 15.7 Å². The van der Waals surface area contributed by atoms with Gasteiger partial charge in [-0.15, -0.1) is 11.3 Å². The zero-order valence-electron chi connectivity index (χ0n) is 14.1. The summed E-state index contributed by atoms with van der Waals surface area (Å²) in [5.74, 6) is -0.216. The number of hydrogen-bond donors (Lipinski definition) is 1. The minimum Gasteiger partial charge on any atom is -0.319 e. The lowest BCUT2D eigenvalue weighted by molar-refractivity contribution is 0.103. The van der Waals surface area contributed by atoms with E-state index in [4.69, 9.17) is 11.6 Å². The Kier molecular flexibility index (Phi) is 4.49. The van der Waals surface area contributed by atoms with Crippen LogP contribution in [0.3, 0.4) is 0 Å². The largest absolute Gasteiger partial charge is 0.319 e. The third-order valence-corrected chi connectivity index (χ3v) is 5.73. The third kappa shape index (κ3) is 3.36. The molecule has 2 aromatic carbocycles. The summed E-state index contributed by atoms with van der Waals surface area (Å²) >= 11 is 7.77. The van der Waals surface area contributed by atoms with Gasteiger partial charge in [-0.05, 0) is 18.6 Å². The lowest BCUT2D eigenvalue weighted by Crippen LogP contribution is -2.10. The molecule has 0 bridgehead atoms. The molecule has 0 aliphatic heterocycles. The number of carbonyl (C=O) groups is 1. The van der Waals surface area contributed by atoms with Gasteiger partial charge in [0.25, 0.3) is 5.91 Å². The zero-order chi connectivity index (χ0) is 18.1. The van der Waals surface area contributed by atoms with E-state index in [1.807, 2.05) is 36.5 Å². The molecule has 0 unspecified atom stereocenters. The molecule has 0 saturated carbocycles. The van der Waals surface area contributed by atoms with Crippen LogP contribution in [0.2, 0.25) is 5.02 Å². The number of carbonyl (C=O) groups excluding carboxylic acids is 1. The molecule has 26 heavy (non-hydrogen) atoms. The lowest BCUT2D eigenvalue weighted by Gasteiger charge is -2.03. The van der Waals surface area contributed by atoms with Crippen molar-refractivity contribution in [2.24, 2.45) is 0 Å². The number of hydrogen-bond acceptors (Lipinski definition) is 3. The molecule has 0 fully saturated rings. The summed E-state index contributed by atoms with van der Waals surface area (Å²) in [7, 11) is 0. The van der Waals surface area contributed by atoms with E-state index in [-0.39, 0.29) is 5.91 Å². The highest BCUT2D eigenvalue weighted by Gasteiger charge is 2.17. The molecule has 1 N–H and O–H groups in total. The average molecular weight is 382 g/mol. The van der Waals surface area contributed by atoms with Crippen molar-refractivity contribution >= 4 is 44.6 Å². The molecule has 0 aliphatic rings. The van der Waals surface area contributed by atoms with Gasteiger partial charge < -0.3 is 5.32 Å². The van der Waals surface area contributed by atoms with Crippen LogP contribution in [0.4, 0.5) is 5.69 Å². The second-order valence-electron chi connectivity index (χ2n) is 6.11. The molecule has 0 atom stereocenters. The minimum absolute atomic E-state index is 0.216. The Morgan fingerprint density at radius 3 is 2.88 bits per heavy atom. The molecule has 0 saturated heterocycles. The third-order valence-electron chi connectivity index (χ3n) is 4.06. The number of benzene rings is 2. The van der Waals surface area contributed by atoms with E-state index >= 15 is 0 Å². The molecule has 0 radical (unpaired) electrons. The standard InChI is InChI=1S/C20H16ClN3OS/c1-13-5-4-6-14(9-13)11-24-12-15(10-22-24)23-20(25)19-18(21)16-7-2-3-8-17(16)26-19/h2-10,12H,11H2,1H3,(H,23,25). The Balaban J connectivity index is 1.51. The van der Waals surface area contributed by atoms with Gasteiger partial charge in [0.05, 0.1) is 23.5 Å². The van der Waals surface area contributed by atoms with Gasteiger partial charge in [0.15, 0.2) is 0 Å². The summed E-state index contributed by atoms with van der Waals surface area (Å²) in [6.45, 7) is 2.72. The monoisotopic (exact) mass is 381 g/mol. The van der Waals surface area contributed by atoms with Crippen molar-refractivity contribution in [1.29, 1.82) is 0 Å². The smallest absolute Gasteiger partial charge is 0.267 e. The van der Waals surface area contributed by atoms with Crippen LogP contribution in [0.15, 0.2) is 60.9 Å². The number of fused-ring (bicyclic) bond motifs is 1. The van der Waals surface area contributed by atoms with Gasteiger partial charge in [-0.2, -0.15) is 5.10 Å². The Hall–Kier alpha value is -2.63. The fraction of sp³-hybridized carbons (Fsp3) is 0.100. The highest BCUT2D eigenvalue weighted by Crippen LogP contribution is 2.35. The second kappa shape index (κ2) is 6.94. The van der Waals surface area contributed by atoms with Crippen LogP contribution < -0.4 is 5.32 Å². The number of nitrogens with one attached hydrogen (secondary N) is 1. The van der Waals surface area contributed by atoms with Crippen LogP contribution in [0.5, 0.6) is 0 Å². The molecule has 2 heterocycles. The molecule has 0 spiro atoms. The van der Waals surface area contributed by atoms with Crippen molar-refractivity contribution in [2.45, 2.75) is 13.5 Å². The summed E-state index contributed by atoms with van der Waals surface area (Å²) in [6, 6.07) is 16.0. The van der Waals surface area contributed by atoms with Crippen LogP contribution >= 0.6 is 22.9 Å². The Bertz CT molecular complexity index is 1100. The number of amides is 1. The predicted octanol–water partition coefficient (Wildman–Crippen LogP) is 5.36. The molecule has 130 valence electrons. The predicted molar refractivity (Wildman–Crippen MR) is 107 cm³/mol. The highest BCUT2D eigenvalue weighted by molar-refractivity contribution is 7.21. The van der Waals surface area contributed by atoms with E-state index in [0.717, 1.165) is 10.1 Å². The molecular formula is C20H16ClN3OS. The summed E-state index contributed by atoms with van der Waals surface area (Å²) in [5, 5.41) is 8.60. The topological polar surface area (TPSA) is 46.9 Å². The van der Waals surface area contributed by atoms with Crippen LogP contribution in [0.1, 0.15) is 20.8 Å². The molecule has 4 nitrogen and oxygen atoms in total. The number of rotatable bonds is 4. The first-order valence-corrected chi connectivity index (χ1v) is 9.36. The maximum absolute atomic E-state index is 12.6. The number of thiophene rings is 1. The van der Waals surface area contributed by atoms with Gasteiger partial charge in [-0.3, -0.25) is 9.48 Å². The maximum atomic E-state index is 12.6. The van der Waals surface area contributed by atoms with E-state index in [1.54, 1.807) is 10.9 Å². The lowest BCUT2D eigenvalue weighted by atomic mass is 10.1. The van der Waals surface area contributed by atoms with E-state index in [2.05, 4.69) is 35.5 Å². The first kappa shape index (κ1) is 16.8. The van der Waals surface area contributed by atoms with Crippen LogP contribution in [-0.2, 0) is 6.54 Å². The van der Waals surface area contributed by atoms with Gasteiger partial charge >= 0.3 is 0 Å². The molecular weight excluding hydrogens is 366 g/mol. The number of aryl methyl sites for hydroxylation is 1. The van der Waals surface area contributed by atoms with E-state index in [9.17, 15) is 4.79 Å². The quantitative estimate of drug-likeness (QED) is 0.517. The Labute approximate surface area is 160 Å². The average Bonchev–Trinajstić information content (AvgIpc) is 3.20. The fourth-order valence-corrected chi connectivity index (χ4v) is 4.27. The first-order chi connectivity index (χ1) is 12.6. The van der Waals surface area contributed by atoms with E-state index < -0.39 is 0 Å². The minimum atomic E-state index is -0.216. The number of anilines is 1. The van der Waals surface area contributed by atoms with Gasteiger partial charge in [0, 0.05) is 16.3 Å². The number of nitrogens with zero attached hydrogens (tertiary/aromatic N) is 2. The van der Waals surface area contributed by atoms with E-state index in [1.165, 1.54) is 22.5 Å². The summed E-state index contributed by atoms with van der Waals surface area (Å²) in [6.07, 6.45) is 3.47. The number of aromatic nitrogens is 2. The van der Waals surface area contributed by atoms with Crippen molar-refractivity contribution in [3.05, 3.63) is 82.0 Å². The van der Waals surface area contributed by atoms with Crippen LogP contribution in [0.25, 0.3) is 10.1 Å². The van der Waals surface area contributed by atoms with Crippen molar-refractivity contribution in [1.82, 2.24) is 9.78 Å². The van der Waals surface area contributed by atoms with Crippen molar-refractivity contribution in [3.63, 3.8) is 0 Å². The van der Waals surface area contributed by atoms with Crippen molar-refractivity contribution in [3.8, 4) is 0 Å². The highest BCUT2D eigenvalue weighted by atomic mass is 35.5. The summed E-state index contributed by atoms with van der Waals surface area (Å²) in [4.78, 5) is 13.1. The van der Waals surface area contributed by atoms with Gasteiger partial charge in [-0.25, -0.2) is 0 Å². The maximum Gasteiger partial charge on any atom is 0.267 e. The first-order valence-electron chi connectivity index (χ1n) is 8.16. The molecule has 1 amide bonds. The molecule has 4 aromatic rings. The van der Waals surface area contributed by atoms with Crippen molar-refractivity contribution < 1.29 is 4.79 Å². The van der Waals surface area contributed by atoms with Crippen LogP contribution in [0, 0.1) is 6.92 Å². The second-order valence-corrected chi connectivity index (χ2v) is 7.54. The van der Waals surface area contributed by atoms with E-state index in [0.29, 0.717) is 22.1 Å². The normalized spacial score (nSPS) is 11.0. The molecule has 4 rings (SSSR count). The SMILES string of the molecule is Cc1cccc(Cn2cc(NC(=O)c3sc4ccccc4c3Cl)cn2)c1. The Morgan fingerprint density at radius 1 is 1.23 bits per heavy atom. The molecule has 2 aromatic heterocycles. The summed E-state index contributed by atoms with van der Waals surface area (Å²) in [5.41, 5.74) is 3.03. The zero-order valence-corrected chi connectivity index (χ0v) is 15.6. The Morgan fingerprint density at radius 2 is 2.08 bits per heavy atom. The van der Waals surface area contributed by atoms with Crippen molar-refractivity contribution in [2.75, 3.05) is 5.32 Å². The van der Waals surface area contributed by atoms with Gasteiger partial charge in [0.2, 0.25) is 0 Å². The molecule has 0 aliphatic carbocycles. The van der Waals surface area contributed by atoms with Gasteiger partial charge in [-0.1, -0.05) is 59.6 Å². The number of halogens is 1. The molecule has 6 heteroatoms.